The number of thiophene rings is 1. The van der Waals surface area contributed by atoms with Gasteiger partial charge in [-0.25, -0.2) is 17.7 Å². The maximum Gasteiger partial charge on any atom is 0.272 e. The molecule has 7 heteroatoms. The first-order valence-electron chi connectivity index (χ1n) is 6.04. The van der Waals surface area contributed by atoms with Crippen molar-refractivity contribution in [2.45, 2.75) is 17.9 Å². The van der Waals surface area contributed by atoms with E-state index in [2.05, 4.69) is 4.99 Å². The van der Waals surface area contributed by atoms with E-state index in [1.807, 2.05) is 6.07 Å². The van der Waals surface area contributed by atoms with E-state index in [0.717, 1.165) is 0 Å². The first-order chi connectivity index (χ1) is 9.51. The van der Waals surface area contributed by atoms with Crippen molar-refractivity contribution in [3.63, 3.8) is 0 Å². The zero-order valence-corrected chi connectivity index (χ0v) is 12.4. The minimum Gasteiger partial charge on any atom is -0.322 e. The van der Waals surface area contributed by atoms with Gasteiger partial charge >= 0.3 is 0 Å². The normalized spacial score (nSPS) is 18.3. The molecule has 1 aromatic carbocycles. The number of anilines is 1. The van der Waals surface area contributed by atoms with Crippen LogP contribution < -0.4 is 10.0 Å². The van der Waals surface area contributed by atoms with Gasteiger partial charge in [0.1, 0.15) is 15.7 Å². The molecule has 0 radical (unpaired) electrons. The Bertz CT molecular complexity index is 764. The number of para-hydroxylation sites is 1. The van der Waals surface area contributed by atoms with Gasteiger partial charge in [-0.15, -0.1) is 11.3 Å². The van der Waals surface area contributed by atoms with E-state index in [0.29, 0.717) is 16.5 Å². The molecule has 1 unspecified atom stereocenters. The van der Waals surface area contributed by atoms with Crippen LogP contribution in [0.2, 0.25) is 0 Å². The SMILES string of the molecule is CC(N)C1=Nc2sccc2S(=O)(=O)N1c1ccccc1. The summed E-state index contributed by atoms with van der Waals surface area (Å²) in [5.74, 6) is 0.339. The number of nitrogens with two attached hydrogens (primary N) is 1. The molecule has 1 atom stereocenters. The second-order valence-corrected chi connectivity index (χ2v) is 7.10. The molecule has 1 aliphatic heterocycles. The highest BCUT2D eigenvalue weighted by Crippen LogP contribution is 2.39. The van der Waals surface area contributed by atoms with E-state index in [4.69, 9.17) is 5.73 Å². The number of amidine groups is 1. The fourth-order valence-corrected chi connectivity index (χ4v) is 4.83. The van der Waals surface area contributed by atoms with Crippen molar-refractivity contribution >= 4 is 37.9 Å². The molecule has 3 rings (SSSR count). The monoisotopic (exact) mass is 307 g/mol. The predicted molar refractivity (Wildman–Crippen MR) is 81.2 cm³/mol. The summed E-state index contributed by atoms with van der Waals surface area (Å²) in [7, 11) is -3.65. The Balaban J connectivity index is 2.27. The van der Waals surface area contributed by atoms with Crippen LogP contribution in [-0.2, 0) is 10.0 Å². The van der Waals surface area contributed by atoms with E-state index < -0.39 is 16.1 Å². The Morgan fingerprint density at radius 2 is 1.95 bits per heavy atom. The second kappa shape index (κ2) is 4.69. The van der Waals surface area contributed by atoms with Gasteiger partial charge in [-0.1, -0.05) is 18.2 Å². The molecule has 0 aliphatic carbocycles. The first kappa shape index (κ1) is 13.3. The van der Waals surface area contributed by atoms with Crippen LogP contribution in [0.25, 0.3) is 0 Å². The molecular formula is C13H13N3O2S2. The molecule has 2 heterocycles. The second-order valence-electron chi connectivity index (χ2n) is 4.45. The van der Waals surface area contributed by atoms with Gasteiger partial charge < -0.3 is 5.73 Å². The summed E-state index contributed by atoms with van der Waals surface area (Å²) < 4.78 is 26.8. The fraction of sp³-hybridized carbons (Fsp3) is 0.154. The molecule has 0 saturated heterocycles. The summed E-state index contributed by atoms with van der Waals surface area (Å²) in [6.07, 6.45) is 0. The maximum atomic E-state index is 12.8. The Morgan fingerprint density at radius 3 is 2.60 bits per heavy atom. The summed E-state index contributed by atoms with van der Waals surface area (Å²) in [5.41, 5.74) is 6.45. The average molecular weight is 307 g/mol. The number of benzene rings is 1. The van der Waals surface area contributed by atoms with Crippen LogP contribution in [0.1, 0.15) is 6.92 Å². The summed E-state index contributed by atoms with van der Waals surface area (Å²) in [6, 6.07) is 9.95. The predicted octanol–water partition coefficient (Wildman–Crippen LogP) is 2.33. The third-order valence-corrected chi connectivity index (χ3v) is 5.65. The van der Waals surface area contributed by atoms with Gasteiger partial charge in [-0.3, -0.25) is 0 Å². The number of fused-ring (bicyclic) bond motifs is 1. The van der Waals surface area contributed by atoms with Crippen LogP contribution in [0, 0.1) is 0 Å². The number of rotatable bonds is 2. The summed E-state index contributed by atoms with van der Waals surface area (Å²) in [6.45, 7) is 1.73. The number of nitrogens with zero attached hydrogens (tertiary/aromatic N) is 2. The molecule has 20 heavy (non-hydrogen) atoms. The maximum absolute atomic E-state index is 12.8. The zero-order chi connectivity index (χ0) is 14.3. The number of sulfonamides is 1. The molecule has 1 aromatic heterocycles. The van der Waals surface area contributed by atoms with Crippen LogP contribution in [-0.4, -0.2) is 20.3 Å². The number of aliphatic imine (C=N–C) groups is 1. The van der Waals surface area contributed by atoms with E-state index in [1.54, 1.807) is 42.6 Å². The van der Waals surface area contributed by atoms with Gasteiger partial charge in [0.15, 0.2) is 0 Å². The van der Waals surface area contributed by atoms with Gasteiger partial charge in [0.25, 0.3) is 10.0 Å². The molecule has 0 spiro atoms. The van der Waals surface area contributed by atoms with Crippen LogP contribution in [0.3, 0.4) is 0 Å². The van der Waals surface area contributed by atoms with E-state index in [9.17, 15) is 8.42 Å². The molecule has 2 N–H and O–H groups in total. The highest BCUT2D eigenvalue weighted by molar-refractivity contribution is 7.94. The summed E-state index contributed by atoms with van der Waals surface area (Å²) in [4.78, 5) is 4.65. The van der Waals surface area contributed by atoms with Gasteiger partial charge in [0.05, 0.1) is 11.7 Å². The molecule has 5 nitrogen and oxygen atoms in total. The quantitative estimate of drug-likeness (QED) is 0.925. The Hall–Kier alpha value is -1.70. The molecule has 1 aliphatic rings. The van der Waals surface area contributed by atoms with Crippen molar-refractivity contribution in [3.05, 3.63) is 41.8 Å². The van der Waals surface area contributed by atoms with Gasteiger partial charge in [0.2, 0.25) is 0 Å². The van der Waals surface area contributed by atoms with Crippen molar-refractivity contribution in [2.24, 2.45) is 10.7 Å². The third kappa shape index (κ3) is 1.94. The Labute approximate surface area is 121 Å². The molecule has 104 valence electrons. The fourth-order valence-electron chi connectivity index (χ4n) is 2.06. The van der Waals surface area contributed by atoms with Gasteiger partial charge in [0, 0.05) is 0 Å². The Morgan fingerprint density at radius 1 is 1.25 bits per heavy atom. The lowest BCUT2D eigenvalue weighted by Crippen LogP contribution is -2.47. The standard InChI is InChI=1S/C13H13N3O2S2/c1-9(14)12-15-13-11(7-8-19-13)20(17,18)16(12)10-5-3-2-4-6-10/h2-9H,14H2,1H3. The van der Waals surface area contributed by atoms with Crippen LogP contribution in [0.4, 0.5) is 10.7 Å². The van der Waals surface area contributed by atoms with Crippen LogP contribution in [0.15, 0.2) is 51.7 Å². The molecule has 0 amide bonds. The zero-order valence-electron chi connectivity index (χ0n) is 10.7. The Kier molecular flexibility index (Phi) is 3.12. The van der Waals surface area contributed by atoms with Crippen molar-refractivity contribution in [2.75, 3.05) is 4.31 Å². The van der Waals surface area contributed by atoms with Gasteiger partial charge in [-0.05, 0) is 30.5 Å². The molecular weight excluding hydrogens is 294 g/mol. The molecule has 0 saturated carbocycles. The molecule has 0 bridgehead atoms. The first-order valence-corrected chi connectivity index (χ1v) is 8.36. The van der Waals surface area contributed by atoms with E-state index in [-0.39, 0.29) is 4.90 Å². The number of hydrogen-bond acceptors (Lipinski definition) is 5. The summed E-state index contributed by atoms with van der Waals surface area (Å²) >= 11 is 1.30. The van der Waals surface area contributed by atoms with Crippen molar-refractivity contribution in [3.8, 4) is 0 Å². The van der Waals surface area contributed by atoms with E-state index >= 15 is 0 Å². The lowest BCUT2D eigenvalue weighted by Gasteiger charge is -2.30. The van der Waals surface area contributed by atoms with Crippen LogP contribution >= 0.6 is 11.3 Å². The van der Waals surface area contributed by atoms with Crippen molar-refractivity contribution in [1.82, 2.24) is 0 Å². The molecule has 0 fully saturated rings. The average Bonchev–Trinajstić information content (AvgIpc) is 2.88. The highest BCUT2D eigenvalue weighted by atomic mass is 32.2. The smallest absolute Gasteiger partial charge is 0.272 e. The number of hydrogen-bond donors (Lipinski definition) is 1. The minimum atomic E-state index is -3.65. The minimum absolute atomic E-state index is 0.232. The van der Waals surface area contributed by atoms with Crippen LogP contribution in [0.5, 0.6) is 0 Å². The lowest BCUT2D eigenvalue weighted by atomic mass is 10.2. The molecule has 2 aromatic rings. The largest absolute Gasteiger partial charge is 0.322 e. The van der Waals surface area contributed by atoms with E-state index in [1.165, 1.54) is 15.6 Å². The third-order valence-electron chi connectivity index (χ3n) is 2.95. The topological polar surface area (TPSA) is 75.8 Å². The summed E-state index contributed by atoms with van der Waals surface area (Å²) in [5, 5.41) is 2.21. The lowest BCUT2D eigenvalue weighted by molar-refractivity contribution is 0.596. The van der Waals surface area contributed by atoms with Gasteiger partial charge in [-0.2, -0.15) is 0 Å². The highest BCUT2D eigenvalue weighted by Gasteiger charge is 2.37. The van der Waals surface area contributed by atoms with Crippen molar-refractivity contribution in [1.29, 1.82) is 0 Å². The van der Waals surface area contributed by atoms with Crippen molar-refractivity contribution < 1.29 is 8.42 Å².